The molecule has 0 N–H and O–H groups in total. The number of likely N-dealkylation sites (tertiary alicyclic amines) is 1. The molecule has 1 aliphatic rings. The van der Waals surface area contributed by atoms with Crippen LogP contribution in [0.1, 0.15) is 27.2 Å². The van der Waals surface area contributed by atoms with Gasteiger partial charge in [0, 0.05) is 19.6 Å². The molecular formula is C11H22N2O. The summed E-state index contributed by atoms with van der Waals surface area (Å²) in [6, 6.07) is 0.136. The minimum atomic E-state index is 0.136. The summed E-state index contributed by atoms with van der Waals surface area (Å²) in [4.78, 5) is 16.0. The van der Waals surface area contributed by atoms with E-state index in [0.29, 0.717) is 11.8 Å². The van der Waals surface area contributed by atoms with Crippen molar-refractivity contribution in [1.82, 2.24) is 9.80 Å². The zero-order valence-corrected chi connectivity index (χ0v) is 9.79. The molecule has 14 heavy (non-hydrogen) atoms. The number of hydrogen-bond acceptors (Lipinski definition) is 2. The van der Waals surface area contributed by atoms with Crippen LogP contribution in [0.15, 0.2) is 0 Å². The van der Waals surface area contributed by atoms with Crippen LogP contribution in [0.2, 0.25) is 0 Å². The topological polar surface area (TPSA) is 23.6 Å². The molecule has 1 saturated heterocycles. The highest BCUT2D eigenvalue weighted by Gasteiger charge is 2.33. The molecule has 3 nitrogen and oxygen atoms in total. The largest absolute Gasteiger partial charge is 0.342 e. The van der Waals surface area contributed by atoms with E-state index in [1.54, 1.807) is 0 Å². The highest BCUT2D eigenvalue weighted by Crippen LogP contribution is 2.16. The van der Waals surface area contributed by atoms with Gasteiger partial charge in [0.2, 0.25) is 5.91 Å². The van der Waals surface area contributed by atoms with E-state index >= 15 is 0 Å². The van der Waals surface area contributed by atoms with Crippen LogP contribution in [0, 0.1) is 5.92 Å². The molecule has 1 aliphatic heterocycles. The molecule has 0 aliphatic carbocycles. The maximum Gasteiger partial charge on any atom is 0.239 e. The summed E-state index contributed by atoms with van der Waals surface area (Å²) in [7, 11) is 2.06. The summed E-state index contributed by atoms with van der Waals surface area (Å²) >= 11 is 0. The van der Waals surface area contributed by atoms with Gasteiger partial charge in [-0.2, -0.15) is 0 Å². The fourth-order valence-corrected chi connectivity index (χ4v) is 2.15. The molecule has 0 aromatic rings. The van der Waals surface area contributed by atoms with Crippen LogP contribution in [-0.2, 0) is 4.79 Å². The van der Waals surface area contributed by atoms with Gasteiger partial charge in [-0.25, -0.2) is 0 Å². The standard InChI is InChI=1S/C11H22N2O/c1-5-13-7-6-10(11(13)14)12(4)8-9(2)3/h9-10H,5-8H2,1-4H3. The molecule has 0 saturated carbocycles. The molecule has 0 aromatic carbocycles. The first-order valence-electron chi connectivity index (χ1n) is 5.55. The fourth-order valence-electron chi connectivity index (χ4n) is 2.15. The van der Waals surface area contributed by atoms with E-state index in [1.165, 1.54) is 0 Å². The number of nitrogens with zero attached hydrogens (tertiary/aromatic N) is 2. The third-order valence-corrected chi connectivity index (χ3v) is 2.84. The molecule has 0 spiro atoms. The van der Waals surface area contributed by atoms with Crippen LogP contribution >= 0.6 is 0 Å². The van der Waals surface area contributed by atoms with Gasteiger partial charge in [-0.05, 0) is 26.3 Å². The lowest BCUT2D eigenvalue weighted by Gasteiger charge is -2.24. The van der Waals surface area contributed by atoms with Crippen molar-refractivity contribution in [3.8, 4) is 0 Å². The number of rotatable bonds is 4. The minimum Gasteiger partial charge on any atom is -0.342 e. The Morgan fingerprint density at radius 3 is 2.64 bits per heavy atom. The lowest BCUT2D eigenvalue weighted by molar-refractivity contribution is -0.131. The molecule has 82 valence electrons. The third-order valence-electron chi connectivity index (χ3n) is 2.84. The number of amides is 1. The number of carbonyl (C=O) groups excluding carboxylic acids is 1. The molecule has 0 bridgehead atoms. The van der Waals surface area contributed by atoms with Gasteiger partial charge in [-0.3, -0.25) is 9.69 Å². The third kappa shape index (κ3) is 2.47. The lowest BCUT2D eigenvalue weighted by atomic mass is 10.1. The van der Waals surface area contributed by atoms with Gasteiger partial charge in [0.05, 0.1) is 6.04 Å². The Hall–Kier alpha value is -0.570. The quantitative estimate of drug-likeness (QED) is 0.677. The van der Waals surface area contributed by atoms with E-state index in [-0.39, 0.29) is 6.04 Å². The van der Waals surface area contributed by atoms with Gasteiger partial charge in [0.1, 0.15) is 0 Å². The van der Waals surface area contributed by atoms with Crippen LogP contribution in [0.4, 0.5) is 0 Å². The van der Waals surface area contributed by atoms with Gasteiger partial charge in [-0.15, -0.1) is 0 Å². The molecule has 1 atom stereocenters. The monoisotopic (exact) mass is 198 g/mol. The predicted octanol–water partition coefficient (Wildman–Crippen LogP) is 1.19. The molecule has 1 unspecified atom stereocenters. The molecule has 1 heterocycles. The fraction of sp³-hybridized carbons (Fsp3) is 0.909. The smallest absolute Gasteiger partial charge is 0.239 e. The first kappa shape index (κ1) is 11.5. The summed E-state index contributed by atoms with van der Waals surface area (Å²) in [5, 5.41) is 0. The molecule has 1 rings (SSSR count). The van der Waals surface area contributed by atoms with Crippen molar-refractivity contribution in [2.75, 3.05) is 26.7 Å². The van der Waals surface area contributed by atoms with Crippen molar-refractivity contribution in [2.24, 2.45) is 5.92 Å². The molecular weight excluding hydrogens is 176 g/mol. The van der Waals surface area contributed by atoms with Crippen molar-refractivity contribution in [3.63, 3.8) is 0 Å². The van der Waals surface area contributed by atoms with Crippen molar-refractivity contribution in [3.05, 3.63) is 0 Å². The first-order valence-corrected chi connectivity index (χ1v) is 5.55. The zero-order chi connectivity index (χ0) is 10.7. The van der Waals surface area contributed by atoms with Crippen LogP contribution in [0.5, 0.6) is 0 Å². The Bertz CT molecular complexity index is 203. The molecule has 0 aromatic heterocycles. The van der Waals surface area contributed by atoms with Crippen LogP contribution in [-0.4, -0.2) is 48.4 Å². The Balaban J connectivity index is 2.50. The Labute approximate surface area is 87.1 Å². The zero-order valence-electron chi connectivity index (χ0n) is 9.79. The second-order valence-corrected chi connectivity index (χ2v) is 4.56. The van der Waals surface area contributed by atoms with Crippen molar-refractivity contribution < 1.29 is 4.79 Å². The van der Waals surface area contributed by atoms with E-state index in [0.717, 1.165) is 26.1 Å². The van der Waals surface area contributed by atoms with Crippen molar-refractivity contribution in [2.45, 2.75) is 33.2 Å². The Morgan fingerprint density at radius 1 is 1.57 bits per heavy atom. The number of likely N-dealkylation sites (N-methyl/N-ethyl adjacent to an activating group) is 2. The normalized spacial score (nSPS) is 22.9. The second kappa shape index (κ2) is 4.78. The van der Waals surface area contributed by atoms with Gasteiger partial charge in [0.15, 0.2) is 0 Å². The SMILES string of the molecule is CCN1CCC(N(C)CC(C)C)C1=O. The minimum absolute atomic E-state index is 0.136. The molecule has 1 amide bonds. The number of hydrogen-bond donors (Lipinski definition) is 0. The molecule has 0 radical (unpaired) electrons. The Kier molecular flexibility index (Phi) is 3.93. The summed E-state index contributed by atoms with van der Waals surface area (Å²) in [5.41, 5.74) is 0. The summed E-state index contributed by atoms with van der Waals surface area (Å²) in [6.45, 7) is 9.21. The van der Waals surface area contributed by atoms with Gasteiger partial charge in [-0.1, -0.05) is 13.8 Å². The maximum atomic E-state index is 11.8. The van der Waals surface area contributed by atoms with E-state index in [2.05, 4.69) is 25.8 Å². The summed E-state index contributed by atoms with van der Waals surface area (Å²) in [6.07, 6.45) is 0.996. The summed E-state index contributed by atoms with van der Waals surface area (Å²) < 4.78 is 0. The van der Waals surface area contributed by atoms with Gasteiger partial charge >= 0.3 is 0 Å². The van der Waals surface area contributed by atoms with Crippen LogP contribution < -0.4 is 0 Å². The summed E-state index contributed by atoms with van der Waals surface area (Å²) in [5.74, 6) is 0.944. The average molecular weight is 198 g/mol. The lowest BCUT2D eigenvalue weighted by Crippen LogP contribution is -2.41. The van der Waals surface area contributed by atoms with Crippen LogP contribution in [0.25, 0.3) is 0 Å². The Morgan fingerprint density at radius 2 is 2.21 bits per heavy atom. The maximum absolute atomic E-state index is 11.8. The second-order valence-electron chi connectivity index (χ2n) is 4.56. The first-order chi connectivity index (χ1) is 6.56. The number of carbonyl (C=O) groups is 1. The highest BCUT2D eigenvalue weighted by molar-refractivity contribution is 5.83. The average Bonchev–Trinajstić information content (AvgIpc) is 2.45. The highest BCUT2D eigenvalue weighted by atomic mass is 16.2. The molecule has 3 heteroatoms. The van der Waals surface area contributed by atoms with Crippen LogP contribution in [0.3, 0.4) is 0 Å². The predicted molar refractivity (Wildman–Crippen MR) is 58.1 cm³/mol. The van der Waals surface area contributed by atoms with E-state index in [9.17, 15) is 4.79 Å². The van der Waals surface area contributed by atoms with E-state index in [4.69, 9.17) is 0 Å². The van der Waals surface area contributed by atoms with Gasteiger partial charge in [0.25, 0.3) is 0 Å². The van der Waals surface area contributed by atoms with Crippen molar-refractivity contribution in [1.29, 1.82) is 0 Å². The van der Waals surface area contributed by atoms with E-state index in [1.807, 2.05) is 11.8 Å². The molecule has 1 fully saturated rings. The van der Waals surface area contributed by atoms with Gasteiger partial charge < -0.3 is 4.90 Å². The van der Waals surface area contributed by atoms with Crippen molar-refractivity contribution >= 4 is 5.91 Å². The van der Waals surface area contributed by atoms with E-state index < -0.39 is 0 Å².